The summed E-state index contributed by atoms with van der Waals surface area (Å²) in [4.78, 5) is 4.28. The van der Waals surface area contributed by atoms with Crippen molar-refractivity contribution in [2.45, 2.75) is 6.61 Å². The molecule has 0 saturated heterocycles. The molecule has 3 aromatic rings. The lowest BCUT2D eigenvalue weighted by atomic mass is 10.1. The number of aromatic nitrogens is 1. The van der Waals surface area contributed by atoms with Crippen LogP contribution in [0.1, 0.15) is 5.56 Å². The van der Waals surface area contributed by atoms with Crippen molar-refractivity contribution in [3.63, 3.8) is 0 Å². The summed E-state index contributed by atoms with van der Waals surface area (Å²) in [6, 6.07) is 13.6. The molecule has 4 heteroatoms. The fourth-order valence-electron chi connectivity index (χ4n) is 2.06. The van der Waals surface area contributed by atoms with Crippen molar-refractivity contribution in [3.05, 3.63) is 66.1 Å². The molecular formula is C16H13FN2O. The molecule has 0 spiro atoms. The first-order chi connectivity index (χ1) is 9.72. The van der Waals surface area contributed by atoms with E-state index in [0.29, 0.717) is 11.4 Å². The highest BCUT2D eigenvalue weighted by Gasteiger charge is 2.06. The number of rotatable bonds is 3. The Labute approximate surface area is 115 Å². The van der Waals surface area contributed by atoms with Crippen LogP contribution in [0.2, 0.25) is 0 Å². The smallest absolute Gasteiger partial charge is 0.124 e. The molecule has 1 aromatic heterocycles. The Balaban J connectivity index is 1.88. The Morgan fingerprint density at radius 3 is 2.70 bits per heavy atom. The molecule has 2 aromatic carbocycles. The van der Waals surface area contributed by atoms with E-state index in [0.717, 1.165) is 16.5 Å². The number of ether oxygens (including phenoxy) is 1. The number of hydrogen-bond donors (Lipinski definition) is 1. The molecule has 3 nitrogen and oxygen atoms in total. The van der Waals surface area contributed by atoms with Gasteiger partial charge in [-0.25, -0.2) is 4.39 Å². The Bertz CT molecular complexity index is 741. The first kappa shape index (κ1) is 12.4. The van der Waals surface area contributed by atoms with E-state index in [2.05, 4.69) is 4.98 Å². The number of nitrogens with zero attached hydrogens (tertiary/aromatic N) is 1. The number of fused-ring (bicyclic) bond motifs is 1. The van der Waals surface area contributed by atoms with Gasteiger partial charge in [0.2, 0.25) is 0 Å². The van der Waals surface area contributed by atoms with Crippen LogP contribution in [0, 0.1) is 5.82 Å². The van der Waals surface area contributed by atoms with E-state index in [9.17, 15) is 4.39 Å². The van der Waals surface area contributed by atoms with Crippen LogP contribution in [0.25, 0.3) is 10.9 Å². The summed E-state index contributed by atoms with van der Waals surface area (Å²) in [6.45, 7) is 0.259. The molecule has 100 valence electrons. The van der Waals surface area contributed by atoms with Crippen molar-refractivity contribution in [2.24, 2.45) is 0 Å². The third kappa shape index (κ3) is 2.54. The fourth-order valence-corrected chi connectivity index (χ4v) is 2.06. The van der Waals surface area contributed by atoms with Gasteiger partial charge in [-0.3, -0.25) is 4.98 Å². The number of benzene rings is 2. The number of pyridine rings is 1. The molecular weight excluding hydrogens is 255 g/mol. The van der Waals surface area contributed by atoms with Crippen LogP contribution in [-0.4, -0.2) is 4.98 Å². The largest absolute Gasteiger partial charge is 0.489 e. The molecule has 0 amide bonds. The van der Waals surface area contributed by atoms with Crippen molar-refractivity contribution in [3.8, 4) is 5.75 Å². The summed E-state index contributed by atoms with van der Waals surface area (Å²) in [5.41, 5.74) is 7.76. The minimum Gasteiger partial charge on any atom is -0.489 e. The second kappa shape index (κ2) is 5.17. The van der Waals surface area contributed by atoms with Crippen molar-refractivity contribution in [1.82, 2.24) is 4.98 Å². The van der Waals surface area contributed by atoms with Crippen molar-refractivity contribution in [1.29, 1.82) is 0 Å². The third-order valence-electron chi connectivity index (χ3n) is 3.02. The molecule has 0 aliphatic rings. The highest BCUT2D eigenvalue weighted by Crippen LogP contribution is 2.21. The molecule has 0 saturated carbocycles. The fraction of sp³-hybridized carbons (Fsp3) is 0.0625. The maximum Gasteiger partial charge on any atom is 0.124 e. The Morgan fingerprint density at radius 1 is 1.10 bits per heavy atom. The van der Waals surface area contributed by atoms with E-state index in [1.807, 2.05) is 6.07 Å². The van der Waals surface area contributed by atoms with Gasteiger partial charge in [-0.15, -0.1) is 0 Å². The number of nitrogen functional groups attached to an aromatic ring is 1. The van der Waals surface area contributed by atoms with Crippen molar-refractivity contribution >= 4 is 16.6 Å². The topological polar surface area (TPSA) is 48.1 Å². The van der Waals surface area contributed by atoms with Gasteiger partial charge in [0.25, 0.3) is 0 Å². The van der Waals surface area contributed by atoms with Crippen LogP contribution < -0.4 is 10.5 Å². The molecule has 0 aliphatic heterocycles. The summed E-state index contributed by atoms with van der Waals surface area (Å²) < 4.78 is 19.2. The highest BCUT2D eigenvalue weighted by molar-refractivity contribution is 5.81. The lowest BCUT2D eigenvalue weighted by molar-refractivity contribution is 0.307. The van der Waals surface area contributed by atoms with Crippen LogP contribution >= 0.6 is 0 Å². The molecule has 0 bridgehead atoms. The zero-order chi connectivity index (χ0) is 13.9. The van der Waals surface area contributed by atoms with Gasteiger partial charge in [-0.2, -0.15) is 0 Å². The lowest BCUT2D eigenvalue weighted by Crippen LogP contribution is -1.98. The molecule has 0 fully saturated rings. The maximum absolute atomic E-state index is 13.6. The average Bonchev–Trinajstić information content (AvgIpc) is 2.46. The number of anilines is 1. The van der Waals surface area contributed by atoms with E-state index in [-0.39, 0.29) is 12.4 Å². The Morgan fingerprint density at radius 2 is 1.90 bits per heavy atom. The minimum atomic E-state index is -0.290. The summed E-state index contributed by atoms with van der Waals surface area (Å²) in [6.07, 6.45) is 1.69. The standard InChI is InChI=1S/C16H13FN2O/c17-13-8-11-2-1-7-19-16(11)12(9-13)10-20-15-5-3-14(18)4-6-15/h1-9H,10,18H2. The van der Waals surface area contributed by atoms with Crippen molar-refractivity contribution in [2.75, 3.05) is 5.73 Å². The molecule has 1 heterocycles. The van der Waals surface area contributed by atoms with Gasteiger partial charge in [-0.05, 0) is 42.5 Å². The van der Waals surface area contributed by atoms with Gasteiger partial charge in [0.15, 0.2) is 0 Å². The number of halogens is 1. The first-order valence-electron chi connectivity index (χ1n) is 6.24. The van der Waals surface area contributed by atoms with E-state index in [1.165, 1.54) is 12.1 Å². The van der Waals surface area contributed by atoms with Crippen LogP contribution in [0.5, 0.6) is 5.75 Å². The van der Waals surface area contributed by atoms with Gasteiger partial charge in [0.1, 0.15) is 18.2 Å². The van der Waals surface area contributed by atoms with Gasteiger partial charge < -0.3 is 10.5 Å². The minimum absolute atomic E-state index is 0.259. The molecule has 0 aliphatic carbocycles. The second-order valence-electron chi connectivity index (χ2n) is 4.50. The summed E-state index contributed by atoms with van der Waals surface area (Å²) in [5, 5.41) is 0.767. The number of hydrogen-bond acceptors (Lipinski definition) is 3. The van der Waals surface area contributed by atoms with Crippen molar-refractivity contribution < 1.29 is 9.13 Å². The predicted octanol–water partition coefficient (Wildman–Crippen LogP) is 3.54. The normalized spacial score (nSPS) is 10.7. The van der Waals surface area contributed by atoms with Gasteiger partial charge in [0, 0.05) is 22.8 Å². The van der Waals surface area contributed by atoms with E-state index in [1.54, 1.807) is 36.5 Å². The van der Waals surface area contributed by atoms with Crippen LogP contribution in [0.15, 0.2) is 54.7 Å². The zero-order valence-corrected chi connectivity index (χ0v) is 10.7. The van der Waals surface area contributed by atoms with E-state index < -0.39 is 0 Å². The van der Waals surface area contributed by atoms with Gasteiger partial charge in [0.05, 0.1) is 5.52 Å². The van der Waals surface area contributed by atoms with E-state index in [4.69, 9.17) is 10.5 Å². The van der Waals surface area contributed by atoms with Gasteiger partial charge >= 0.3 is 0 Å². The lowest BCUT2D eigenvalue weighted by Gasteiger charge is -2.09. The summed E-state index contributed by atoms with van der Waals surface area (Å²) in [5.74, 6) is 0.397. The second-order valence-corrected chi connectivity index (χ2v) is 4.50. The molecule has 20 heavy (non-hydrogen) atoms. The van der Waals surface area contributed by atoms with Gasteiger partial charge in [-0.1, -0.05) is 6.07 Å². The molecule has 2 N–H and O–H groups in total. The maximum atomic E-state index is 13.6. The Kier molecular flexibility index (Phi) is 3.21. The zero-order valence-electron chi connectivity index (χ0n) is 10.7. The highest BCUT2D eigenvalue weighted by atomic mass is 19.1. The quantitative estimate of drug-likeness (QED) is 0.739. The molecule has 0 unspecified atom stereocenters. The number of nitrogens with two attached hydrogens (primary N) is 1. The molecule has 3 rings (SSSR count). The molecule has 0 radical (unpaired) electrons. The van der Waals surface area contributed by atoms with Crippen LogP contribution in [-0.2, 0) is 6.61 Å². The van der Waals surface area contributed by atoms with E-state index >= 15 is 0 Å². The SMILES string of the molecule is Nc1ccc(OCc2cc(F)cc3cccnc23)cc1. The Hall–Kier alpha value is -2.62. The van der Waals surface area contributed by atoms with Crippen LogP contribution in [0.3, 0.4) is 0 Å². The summed E-state index contributed by atoms with van der Waals surface area (Å²) >= 11 is 0. The monoisotopic (exact) mass is 268 g/mol. The molecule has 0 atom stereocenters. The first-order valence-corrected chi connectivity index (χ1v) is 6.24. The summed E-state index contributed by atoms with van der Waals surface area (Å²) in [7, 11) is 0. The van der Waals surface area contributed by atoms with Crippen LogP contribution in [0.4, 0.5) is 10.1 Å². The average molecular weight is 268 g/mol. The predicted molar refractivity (Wildman–Crippen MR) is 76.9 cm³/mol. The third-order valence-corrected chi connectivity index (χ3v) is 3.02.